The first-order valence-corrected chi connectivity index (χ1v) is 6.74. The SMILES string of the molecule is O=[S@@](/C=C/c1ccc(Cl)cc1)c1ccccc1. The van der Waals surface area contributed by atoms with Crippen LogP contribution in [0, 0.1) is 0 Å². The van der Waals surface area contributed by atoms with Crippen LogP contribution in [0.4, 0.5) is 0 Å². The molecule has 0 aliphatic heterocycles. The summed E-state index contributed by atoms with van der Waals surface area (Å²) >= 11 is 5.79. The second kappa shape index (κ2) is 5.80. The first-order chi connectivity index (χ1) is 8.25. The molecule has 1 nitrogen and oxygen atoms in total. The molecule has 0 aliphatic rings. The molecule has 0 fully saturated rings. The molecule has 2 rings (SSSR count). The Morgan fingerprint density at radius 3 is 2.24 bits per heavy atom. The van der Waals surface area contributed by atoms with E-state index in [2.05, 4.69) is 0 Å². The number of halogens is 1. The fraction of sp³-hybridized carbons (Fsp3) is 0. The predicted molar refractivity (Wildman–Crippen MR) is 73.3 cm³/mol. The normalized spacial score (nSPS) is 12.8. The third-order valence-corrected chi connectivity index (χ3v) is 3.60. The van der Waals surface area contributed by atoms with Gasteiger partial charge in [0.15, 0.2) is 0 Å². The fourth-order valence-corrected chi connectivity index (χ4v) is 2.34. The minimum Gasteiger partial charge on any atom is -0.250 e. The van der Waals surface area contributed by atoms with Gasteiger partial charge in [-0.05, 0) is 35.9 Å². The van der Waals surface area contributed by atoms with Crippen molar-refractivity contribution in [1.82, 2.24) is 0 Å². The molecule has 0 unspecified atom stereocenters. The molecule has 3 heteroatoms. The van der Waals surface area contributed by atoms with E-state index in [9.17, 15) is 4.21 Å². The maximum Gasteiger partial charge on any atom is 0.0776 e. The number of hydrogen-bond acceptors (Lipinski definition) is 1. The summed E-state index contributed by atoms with van der Waals surface area (Å²) in [5.74, 6) is 0. The van der Waals surface area contributed by atoms with Gasteiger partial charge >= 0.3 is 0 Å². The summed E-state index contributed by atoms with van der Waals surface area (Å²) in [5.41, 5.74) is 0.985. The molecule has 86 valence electrons. The first kappa shape index (κ1) is 12.1. The van der Waals surface area contributed by atoms with Gasteiger partial charge in [-0.25, -0.2) is 4.21 Å². The van der Waals surface area contributed by atoms with Gasteiger partial charge in [0.25, 0.3) is 0 Å². The maximum absolute atomic E-state index is 11.9. The van der Waals surface area contributed by atoms with Crippen molar-refractivity contribution in [3.05, 3.63) is 70.6 Å². The summed E-state index contributed by atoms with van der Waals surface area (Å²) < 4.78 is 11.9. The minimum atomic E-state index is -1.10. The van der Waals surface area contributed by atoms with E-state index in [0.29, 0.717) is 5.02 Å². The van der Waals surface area contributed by atoms with Crippen molar-refractivity contribution in [2.75, 3.05) is 0 Å². The summed E-state index contributed by atoms with van der Waals surface area (Å²) in [6.45, 7) is 0. The fourth-order valence-electron chi connectivity index (χ4n) is 1.35. The van der Waals surface area contributed by atoms with Crippen molar-refractivity contribution in [2.45, 2.75) is 4.90 Å². The Balaban J connectivity index is 2.11. The lowest BCUT2D eigenvalue weighted by Gasteiger charge is -1.96. The summed E-state index contributed by atoms with van der Waals surface area (Å²) in [6.07, 6.45) is 1.83. The molecule has 17 heavy (non-hydrogen) atoms. The van der Waals surface area contributed by atoms with Crippen molar-refractivity contribution in [3.63, 3.8) is 0 Å². The van der Waals surface area contributed by atoms with Gasteiger partial charge in [-0.2, -0.15) is 0 Å². The van der Waals surface area contributed by atoms with E-state index in [1.54, 1.807) is 5.41 Å². The van der Waals surface area contributed by atoms with Gasteiger partial charge in [-0.15, -0.1) is 0 Å². The van der Waals surface area contributed by atoms with Gasteiger partial charge in [0.1, 0.15) is 0 Å². The zero-order valence-corrected chi connectivity index (χ0v) is 10.6. The molecule has 0 aromatic heterocycles. The lowest BCUT2D eigenvalue weighted by Crippen LogP contribution is -1.84. The number of rotatable bonds is 3. The van der Waals surface area contributed by atoms with Gasteiger partial charge in [-0.3, -0.25) is 0 Å². The molecule has 2 aromatic carbocycles. The van der Waals surface area contributed by atoms with E-state index in [-0.39, 0.29) is 0 Å². The monoisotopic (exact) mass is 262 g/mol. The van der Waals surface area contributed by atoms with Crippen LogP contribution in [0.15, 0.2) is 64.9 Å². The Bertz CT molecular complexity index is 532. The summed E-state index contributed by atoms with van der Waals surface area (Å²) in [6, 6.07) is 16.8. The summed E-state index contributed by atoms with van der Waals surface area (Å²) in [5, 5.41) is 2.38. The largest absolute Gasteiger partial charge is 0.250 e. The molecular weight excluding hydrogens is 252 g/mol. The molecule has 0 amide bonds. The average molecular weight is 263 g/mol. The quantitative estimate of drug-likeness (QED) is 0.813. The Kier molecular flexibility index (Phi) is 4.13. The van der Waals surface area contributed by atoms with Crippen molar-refractivity contribution < 1.29 is 4.21 Å². The number of benzene rings is 2. The lowest BCUT2D eigenvalue weighted by atomic mass is 10.2. The topological polar surface area (TPSA) is 17.1 Å². The molecule has 0 heterocycles. The van der Waals surface area contributed by atoms with E-state index in [4.69, 9.17) is 11.6 Å². The van der Waals surface area contributed by atoms with Crippen LogP contribution in [0.1, 0.15) is 5.56 Å². The minimum absolute atomic E-state index is 0.700. The summed E-state index contributed by atoms with van der Waals surface area (Å²) in [7, 11) is -1.10. The Morgan fingerprint density at radius 1 is 0.941 bits per heavy atom. The maximum atomic E-state index is 11.9. The van der Waals surface area contributed by atoms with Gasteiger partial charge in [0.05, 0.1) is 10.8 Å². The molecule has 0 spiro atoms. The van der Waals surface area contributed by atoms with Crippen molar-refractivity contribution >= 4 is 28.5 Å². The van der Waals surface area contributed by atoms with Crippen LogP contribution in [0.3, 0.4) is 0 Å². The van der Waals surface area contributed by atoms with E-state index in [0.717, 1.165) is 10.5 Å². The average Bonchev–Trinajstić information content (AvgIpc) is 2.39. The third-order valence-electron chi connectivity index (χ3n) is 2.23. The smallest absolute Gasteiger partial charge is 0.0776 e. The lowest BCUT2D eigenvalue weighted by molar-refractivity contribution is 0.688. The predicted octanol–water partition coefficient (Wildman–Crippen LogP) is 4.12. The summed E-state index contributed by atoms with van der Waals surface area (Å²) in [4.78, 5) is 0.803. The van der Waals surface area contributed by atoms with Gasteiger partial charge in [0.2, 0.25) is 0 Å². The van der Waals surface area contributed by atoms with Crippen molar-refractivity contribution in [2.24, 2.45) is 0 Å². The molecule has 0 saturated carbocycles. The first-order valence-electron chi connectivity index (χ1n) is 5.15. The molecule has 0 aliphatic carbocycles. The molecule has 0 bridgehead atoms. The molecule has 0 saturated heterocycles. The van der Waals surface area contributed by atoms with Crippen molar-refractivity contribution in [3.8, 4) is 0 Å². The highest BCUT2D eigenvalue weighted by molar-refractivity contribution is 7.88. The van der Waals surface area contributed by atoms with E-state index in [1.807, 2.05) is 60.7 Å². The van der Waals surface area contributed by atoms with Crippen LogP contribution >= 0.6 is 11.6 Å². The highest BCUT2D eigenvalue weighted by Crippen LogP contribution is 2.12. The van der Waals surface area contributed by atoms with Crippen LogP contribution in [0.5, 0.6) is 0 Å². The highest BCUT2D eigenvalue weighted by Gasteiger charge is 1.97. The Morgan fingerprint density at radius 2 is 1.59 bits per heavy atom. The molecule has 2 aromatic rings. The molecule has 1 atom stereocenters. The second-order valence-electron chi connectivity index (χ2n) is 3.46. The van der Waals surface area contributed by atoms with Gasteiger partial charge < -0.3 is 0 Å². The zero-order chi connectivity index (χ0) is 12.1. The Labute approximate surface area is 108 Å². The Hall–Kier alpha value is -1.38. The van der Waals surface area contributed by atoms with Gasteiger partial charge in [-0.1, -0.05) is 41.9 Å². The molecular formula is C14H11ClOS. The highest BCUT2D eigenvalue weighted by atomic mass is 35.5. The second-order valence-corrected chi connectivity index (χ2v) is 5.24. The van der Waals surface area contributed by atoms with Crippen LogP contribution in [0.2, 0.25) is 5.02 Å². The standard InChI is InChI=1S/C14H11ClOS/c15-13-8-6-12(7-9-13)10-11-17(16)14-4-2-1-3-5-14/h1-11H/b11-10+/t17-/m0/s1. The van der Waals surface area contributed by atoms with Crippen LogP contribution in [-0.2, 0) is 10.8 Å². The van der Waals surface area contributed by atoms with Crippen LogP contribution in [0.25, 0.3) is 6.08 Å². The third kappa shape index (κ3) is 3.55. The molecule has 0 N–H and O–H groups in total. The van der Waals surface area contributed by atoms with Gasteiger partial charge in [0, 0.05) is 15.3 Å². The van der Waals surface area contributed by atoms with E-state index < -0.39 is 10.8 Å². The van der Waals surface area contributed by atoms with Crippen molar-refractivity contribution in [1.29, 1.82) is 0 Å². The van der Waals surface area contributed by atoms with Crippen LogP contribution in [-0.4, -0.2) is 4.21 Å². The molecule has 0 radical (unpaired) electrons. The van der Waals surface area contributed by atoms with Crippen LogP contribution < -0.4 is 0 Å². The number of hydrogen-bond donors (Lipinski definition) is 0. The zero-order valence-electron chi connectivity index (χ0n) is 9.05. The van der Waals surface area contributed by atoms with E-state index in [1.165, 1.54) is 0 Å². The van der Waals surface area contributed by atoms with E-state index >= 15 is 0 Å².